The van der Waals surface area contributed by atoms with Crippen LogP contribution in [0.4, 0.5) is 13.2 Å². The summed E-state index contributed by atoms with van der Waals surface area (Å²) in [5, 5.41) is 2.88. The second-order valence-corrected chi connectivity index (χ2v) is 6.82. The predicted molar refractivity (Wildman–Crippen MR) is 84.4 cm³/mol. The first-order valence-electron chi connectivity index (χ1n) is 8.41. The number of nitrogens with one attached hydrogen (secondary N) is 1. The topological polar surface area (TPSA) is 47.6 Å². The molecular weight excluding hydrogens is 347 g/mol. The number of hydrogen-bond acceptors (Lipinski definition) is 3. The monoisotopic (exact) mass is 361 g/mol. The Labute approximate surface area is 146 Å². The molecular formula is C19H14F3NO3. The number of amides is 1. The lowest BCUT2D eigenvalue weighted by Gasteiger charge is -2.27. The molecule has 2 heterocycles. The summed E-state index contributed by atoms with van der Waals surface area (Å²) in [6.07, 6.45) is 0.161. The maximum Gasteiger partial charge on any atom is 0.228 e. The lowest BCUT2D eigenvalue weighted by molar-refractivity contribution is -0.124. The molecule has 1 amide bonds. The maximum atomic E-state index is 13.6. The van der Waals surface area contributed by atoms with Gasteiger partial charge in [-0.15, -0.1) is 0 Å². The van der Waals surface area contributed by atoms with Gasteiger partial charge in [-0.2, -0.15) is 0 Å². The maximum absolute atomic E-state index is 13.6. The van der Waals surface area contributed by atoms with Crippen molar-refractivity contribution >= 4 is 5.91 Å². The van der Waals surface area contributed by atoms with Crippen molar-refractivity contribution in [3.8, 4) is 11.5 Å². The van der Waals surface area contributed by atoms with Gasteiger partial charge < -0.3 is 14.8 Å². The third kappa shape index (κ3) is 2.26. The molecule has 4 atom stereocenters. The molecule has 2 aliphatic heterocycles. The number of carbonyl (C=O) groups excluding carboxylic acids is 1. The van der Waals surface area contributed by atoms with Crippen LogP contribution >= 0.6 is 0 Å². The van der Waals surface area contributed by atoms with Crippen LogP contribution in [0.3, 0.4) is 0 Å². The SMILES string of the molecule is O=C(NC1CCOc2cc(F)c(F)cc21)C1C2Oc3ccc(F)cc3C21. The molecule has 0 aromatic heterocycles. The van der Waals surface area contributed by atoms with Gasteiger partial charge in [-0.1, -0.05) is 0 Å². The lowest BCUT2D eigenvalue weighted by atomic mass is 9.99. The van der Waals surface area contributed by atoms with Gasteiger partial charge in [0.1, 0.15) is 23.4 Å². The van der Waals surface area contributed by atoms with E-state index in [2.05, 4.69) is 5.32 Å². The van der Waals surface area contributed by atoms with E-state index < -0.39 is 23.6 Å². The summed E-state index contributed by atoms with van der Waals surface area (Å²) in [5.74, 6) is -2.29. The van der Waals surface area contributed by atoms with Crippen molar-refractivity contribution < 1.29 is 27.4 Å². The Bertz CT molecular complexity index is 932. The van der Waals surface area contributed by atoms with Crippen molar-refractivity contribution in [1.29, 1.82) is 0 Å². The molecule has 26 heavy (non-hydrogen) atoms. The second kappa shape index (κ2) is 5.40. The molecule has 7 heteroatoms. The Morgan fingerprint density at radius 3 is 2.69 bits per heavy atom. The van der Waals surface area contributed by atoms with Gasteiger partial charge >= 0.3 is 0 Å². The summed E-state index contributed by atoms with van der Waals surface area (Å²) >= 11 is 0. The molecule has 0 bridgehead atoms. The van der Waals surface area contributed by atoms with E-state index in [-0.39, 0.29) is 29.5 Å². The molecule has 4 unspecified atom stereocenters. The molecule has 1 N–H and O–H groups in total. The Morgan fingerprint density at radius 1 is 1.04 bits per heavy atom. The van der Waals surface area contributed by atoms with Crippen LogP contribution in [-0.4, -0.2) is 18.6 Å². The number of hydrogen-bond donors (Lipinski definition) is 1. The molecule has 2 aromatic carbocycles. The average molecular weight is 361 g/mol. The van der Waals surface area contributed by atoms with E-state index in [1.54, 1.807) is 6.07 Å². The van der Waals surface area contributed by atoms with Gasteiger partial charge in [-0.05, 0) is 24.3 Å². The number of carbonyl (C=O) groups is 1. The van der Waals surface area contributed by atoms with Gasteiger partial charge in [-0.25, -0.2) is 13.2 Å². The fourth-order valence-electron chi connectivity index (χ4n) is 3.95. The first-order valence-corrected chi connectivity index (χ1v) is 8.41. The van der Waals surface area contributed by atoms with Gasteiger partial charge in [0.2, 0.25) is 5.91 Å². The molecule has 0 saturated heterocycles. The molecule has 5 rings (SSSR count). The molecule has 134 valence electrons. The fraction of sp³-hybridized carbons (Fsp3) is 0.316. The molecule has 1 aliphatic carbocycles. The highest BCUT2D eigenvalue weighted by atomic mass is 19.2. The van der Waals surface area contributed by atoms with E-state index >= 15 is 0 Å². The summed E-state index contributed by atoms with van der Waals surface area (Å²) in [4.78, 5) is 12.7. The molecule has 1 fully saturated rings. The van der Waals surface area contributed by atoms with Crippen LogP contribution in [-0.2, 0) is 4.79 Å². The molecule has 0 radical (unpaired) electrons. The minimum absolute atomic E-state index is 0.162. The molecule has 3 aliphatic rings. The van der Waals surface area contributed by atoms with Crippen LogP contribution in [0, 0.1) is 23.4 Å². The fourth-order valence-corrected chi connectivity index (χ4v) is 3.95. The van der Waals surface area contributed by atoms with Gasteiger partial charge in [-0.3, -0.25) is 4.79 Å². The van der Waals surface area contributed by atoms with Crippen LogP contribution < -0.4 is 14.8 Å². The van der Waals surface area contributed by atoms with Gasteiger partial charge in [0.25, 0.3) is 0 Å². The number of ether oxygens (including phenoxy) is 2. The van der Waals surface area contributed by atoms with Gasteiger partial charge in [0.15, 0.2) is 11.6 Å². The van der Waals surface area contributed by atoms with E-state index in [4.69, 9.17) is 9.47 Å². The quantitative estimate of drug-likeness (QED) is 0.894. The normalized spacial score (nSPS) is 27.5. The number of rotatable bonds is 2. The molecule has 0 spiro atoms. The molecule has 1 saturated carbocycles. The van der Waals surface area contributed by atoms with E-state index in [0.29, 0.717) is 29.9 Å². The Kier molecular flexibility index (Phi) is 3.23. The smallest absolute Gasteiger partial charge is 0.228 e. The van der Waals surface area contributed by atoms with E-state index in [1.165, 1.54) is 12.1 Å². The number of halogens is 3. The minimum atomic E-state index is -0.987. The highest BCUT2D eigenvalue weighted by Gasteiger charge is 2.62. The summed E-state index contributed by atoms with van der Waals surface area (Å²) in [7, 11) is 0. The van der Waals surface area contributed by atoms with E-state index in [9.17, 15) is 18.0 Å². The second-order valence-electron chi connectivity index (χ2n) is 6.82. The van der Waals surface area contributed by atoms with Crippen molar-refractivity contribution in [3.05, 3.63) is 58.9 Å². The lowest BCUT2D eigenvalue weighted by Crippen LogP contribution is -2.34. The van der Waals surface area contributed by atoms with Crippen molar-refractivity contribution in [2.24, 2.45) is 5.92 Å². The first-order chi connectivity index (χ1) is 12.5. The number of benzene rings is 2. The Balaban J connectivity index is 1.35. The van der Waals surface area contributed by atoms with Crippen molar-refractivity contribution in [1.82, 2.24) is 5.32 Å². The van der Waals surface area contributed by atoms with Crippen LogP contribution in [0.1, 0.15) is 29.5 Å². The van der Waals surface area contributed by atoms with Gasteiger partial charge in [0, 0.05) is 29.5 Å². The van der Waals surface area contributed by atoms with E-state index in [0.717, 1.165) is 12.1 Å². The van der Waals surface area contributed by atoms with Crippen LogP contribution in [0.2, 0.25) is 0 Å². The largest absolute Gasteiger partial charge is 0.493 e. The van der Waals surface area contributed by atoms with E-state index in [1.807, 2.05) is 0 Å². The zero-order valence-corrected chi connectivity index (χ0v) is 13.5. The summed E-state index contributed by atoms with van der Waals surface area (Å²) in [6.45, 7) is 0.297. The Hall–Kier alpha value is -2.70. The first kappa shape index (κ1) is 15.5. The highest BCUT2D eigenvalue weighted by molar-refractivity contribution is 5.86. The van der Waals surface area contributed by atoms with Crippen molar-refractivity contribution in [2.75, 3.05) is 6.61 Å². The van der Waals surface area contributed by atoms with Crippen LogP contribution in [0.15, 0.2) is 30.3 Å². The zero-order chi connectivity index (χ0) is 18.0. The average Bonchev–Trinajstić information content (AvgIpc) is 3.21. The molecule has 4 nitrogen and oxygen atoms in total. The van der Waals surface area contributed by atoms with Gasteiger partial charge in [0.05, 0.1) is 18.6 Å². The zero-order valence-electron chi connectivity index (χ0n) is 13.5. The standard InChI is InChI=1S/C19H14F3NO3/c20-8-1-2-14-10(5-8)16-17(18(16)26-14)19(24)23-13-3-4-25-15-7-12(22)11(21)6-9(13)15/h1-2,5-7,13,16-18H,3-4H2,(H,23,24). The molecule has 2 aromatic rings. The predicted octanol–water partition coefficient (Wildman–Crippen LogP) is 3.22. The van der Waals surface area contributed by atoms with Crippen LogP contribution in [0.5, 0.6) is 11.5 Å². The summed E-state index contributed by atoms with van der Waals surface area (Å²) < 4.78 is 51.5. The number of fused-ring (bicyclic) bond motifs is 4. The summed E-state index contributed by atoms with van der Waals surface area (Å²) in [5.41, 5.74) is 1.12. The van der Waals surface area contributed by atoms with Crippen LogP contribution in [0.25, 0.3) is 0 Å². The third-order valence-electron chi connectivity index (χ3n) is 5.26. The highest BCUT2D eigenvalue weighted by Crippen LogP contribution is 2.58. The van der Waals surface area contributed by atoms with Crippen molar-refractivity contribution in [3.63, 3.8) is 0 Å². The summed E-state index contributed by atoms with van der Waals surface area (Å²) in [6, 6.07) is 5.88. The minimum Gasteiger partial charge on any atom is -0.493 e. The van der Waals surface area contributed by atoms with Crippen molar-refractivity contribution in [2.45, 2.75) is 24.5 Å². The Morgan fingerprint density at radius 2 is 1.85 bits per heavy atom. The third-order valence-corrected chi connectivity index (χ3v) is 5.26.